The average molecular weight is 400 g/mol. The predicted molar refractivity (Wildman–Crippen MR) is 95.9 cm³/mol. The second kappa shape index (κ2) is 8.64. The van der Waals surface area contributed by atoms with Crippen LogP contribution in [0.4, 0.5) is 4.39 Å². The second-order valence-corrected chi connectivity index (χ2v) is 8.85. The first-order valence-corrected chi connectivity index (χ1v) is 10.7. The highest BCUT2D eigenvalue weighted by atomic mass is 32.2. The molecule has 0 aromatic heterocycles. The fourth-order valence-electron chi connectivity index (χ4n) is 3.34. The van der Waals surface area contributed by atoms with Crippen LogP contribution in [-0.2, 0) is 19.6 Å². The van der Waals surface area contributed by atoms with Crippen LogP contribution in [0.15, 0.2) is 29.2 Å². The lowest BCUT2D eigenvalue weighted by Crippen LogP contribution is -2.51. The van der Waals surface area contributed by atoms with Gasteiger partial charge in [0.15, 0.2) is 0 Å². The zero-order valence-electron chi connectivity index (χ0n) is 14.9. The van der Waals surface area contributed by atoms with E-state index >= 15 is 0 Å². The number of sulfonamides is 1. The van der Waals surface area contributed by atoms with Gasteiger partial charge in [0.25, 0.3) is 0 Å². The Morgan fingerprint density at radius 3 is 2.48 bits per heavy atom. The molecule has 7 nitrogen and oxygen atoms in total. The molecule has 1 heterocycles. The minimum absolute atomic E-state index is 0.0532. The summed E-state index contributed by atoms with van der Waals surface area (Å²) < 4.78 is 46.2. The Balaban J connectivity index is 1.56. The Labute approximate surface area is 158 Å². The van der Waals surface area contributed by atoms with Crippen molar-refractivity contribution < 1.29 is 27.4 Å². The number of carbonyl (C=O) groups excluding carboxylic acids is 1. The van der Waals surface area contributed by atoms with Crippen LogP contribution in [0.1, 0.15) is 38.5 Å². The molecule has 1 saturated heterocycles. The van der Waals surface area contributed by atoms with E-state index in [4.69, 9.17) is 4.74 Å². The molecule has 1 aliphatic carbocycles. The summed E-state index contributed by atoms with van der Waals surface area (Å²) in [6.45, 7) is -0.364. The topological polar surface area (TPSA) is 105 Å². The smallest absolute Gasteiger partial charge is 0.240 e. The Morgan fingerprint density at radius 1 is 1.19 bits per heavy atom. The Kier molecular flexibility index (Phi) is 6.46. The van der Waals surface area contributed by atoms with E-state index < -0.39 is 28.0 Å². The lowest BCUT2D eigenvalue weighted by Gasteiger charge is -2.36. The van der Waals surface area contributed by atoms with Gasteiger partial charge >= 0.3 is 0 Å². The van der Waals surface area contributed by atoms with E-state index in [9.17, 15) is 22.7 Å². The van der Waals surface area contributed by atoms with Gasteiger partial charge in [0.2, 0.25) is 15.9 Å². The zero-order valence-corrected chi connectivity index (χ0v) is 15.8. The van der Waals surface area contributed by atoms with Crippen molar-refractivity contribution in [3.05, 3.63) is 30.1 Å². The van der Waals surface area contributed by atoms with E-state index in [0.717, 1.165) is 31.4 Å². The van der Waals surface area contributed by atoms with E-state index in [0.29, 0.717) is 12.8 Å². The number of aliphatic hydroxyl groups is 1. The molecule has 9 heteroatoms. The van der Waals surface area contributed by atoms with Gasteiger partial charge in [-0.1, -0.05) is 0 Å². The van der Waals surface area contributed by atoms with Gasteiger partial charge in [-0.3, -0.25) is 4.79 Å². The summed E-state index contributed by atoms with van der Waals surface area (Å²) in [6, 6.07) is 4.16. The quantitative estimate of drug-likeness (QED) is 0.635. The van der Waals surface area contributed by atoms with Crippen LogP contribution < -0.4 is 10.0 Å². The number of hydrogen-bond acceptors (Lipinski definition) is 5. The van der Waals surface area contributed by atoms with Gasteiger partial charge in [-0.15, -0.1) is 0 Å². The molecular formula is C18H25FN2O5S. The zero-order chi connectivity index (χ0) is 19.4. The monoisotopic (exact) mass is 400 g/mol. The Morgan fingerprint density at radius 2 is 1.89 bits per heavy atom. The number of aliphatic hydroxyl groups excluding tert-OH is 1. The highest BCUT2D eigenvalue weighted by Gasteiger charge is 2.35. The number of benzene rings is 1. The van der Waals surface area contributed by atoms with Gasteiger partial charge in [-0.05, 0) is 56.4 Å². The van der Waals surface area contributed by atoms with Gasteiger partial charge < -0.3 is 15.2 Å². The largest absolute Gasteiger partial charge is 0.394 e. The SMILES string of the molecule is O=C(C[C@@H]1CC[C@@H](NS(=O)(=O)c2ccc(F)cc2)[C@@H](CO)O1)NC1CCC1. The standard InChI is InChI=1S/C18H25FN2O5S/c19-12-4-7-15(8-5-12)27(24,25)21-16-9-6-14(26-17(16)11-22)10-18(23)20-13-2-1-3-13/h4-5,7-8,13-14,16-17,21-22H,1-3,6,9-11H2,(H,20,23)/t14-,16+,17+/m0/s1. The van der Waals surface area contributed by atoms with Gasteiger partial charge in [-0.25, -0.2) is 17.5 Å². The van der Waals surface area contributed by atoms with Crippen molar-refractivity contribution in [2.45, 2.75) is 67.7 Å². The van der Waals surface area contributed by atoms with E-state index in [2.05, 4.69) is 10.0 Å². The summed E-state index contributed by atoms with van der Waals surface area (Å²) in [6.07, 6.45) is 3.19. The molecule has 3 rings (SSSR count). The van der Waals surface area contributed by atoms with Crippen molar-refractivity contribution in [2.75, 3.05) is 6.61 Å². The number of nitrogens with one attached hydrogen (secondary N) is 2. The molecule has 27 heavy (non-hydrogen) atoms. The summed E-state index contributed by atoms with van der Waals surface area (Å²) >= 11 is 0. The Bertz CT molecular complexity index is 752. The third-order valence-corrected chi connectivity index (χ3v) is 6.62. The molecule has 3 N–H and O–H groups in total. The Hall–Kier alpha value is -1.55. The van der Waals surface area contributed by atoms with Gasteiger partial charge in [0, 0.05) is 6.04 Å². The molecule has 0 radical (unpaired) electrons. The van der Waals surface area contributed by atoms with Crippen LogP contribution >= 0.6 is 0 Å². The summed E-state index contributed by atoms with van der Waals surface area (Å²) in [5.74, 6) is -0.599. The second-order valence-electron chi connectivity index (χ2n) is 7.14. The van der Waals surface area contributed by atoms with Crippen molar-refractivity contribution in [3.8, 4) is 0 Å². The minimum Gasteiger partial charge on any atom is -0.394 e. The van der Waals surface area contributed by atoms with Crippen molar-refractivity contribution in [3.63, 3.8) is 0 Å². The number of rotatable bonds is 7. The third kappa shape index (κ3) is 5.25. The molecule has 0 bridgehead atoms. The first-order valence-electron chi connectivity index (χ1n) is 9.21. The summed E-state index contributed by atoms with van der Waals surface area (Å²) in [7, 11) is -3.86. The molecule has 1 amide bonds. The van der Waals surface area contributed by atoms with Crippen LogP contribution in [0.2, 0.25) is 0 Å². The molecule has 1 saturated carbocycles. The van der Waals surface area contributed by atoms with E-state index in [1.807, 2.05) is 0 Å². The normalized spacial score (nSPS) is 26.4. The highest BCUT2D eigenvalue weighted by Crippen LogP contribution is 2.24. The predicted octanol–water partition coefficient (Wildman–Crippen LogP) is 1.07. The van der Waals surface area contributed by atoms with Crippen molar-refractivity contribution in [1.82, 2.24) is 10.0 Å². The van der Waals surface area contributed by atoms with Crippen molar-refractivity contribution in [2.24, 2.45) is 0 Å². The number of ether oxygens (including phenoxy) is 1. The van der Waals surface area contributed by atoms with Crippen molar-refractivity contribution >= 4 is 15.9 Å². The van der Waals surface area contributed by atoms with E-state index in [1.165, 1.54) is 12.1 Å². The molecule has 1 aromatic rings. The maximum Gasteiger partial charge on any atom is 0.240 e. The first kappa shape index (κ1) is 20.2. The summed E-state index contributed by atoms with van der Waals surface area (Å²) in [5, 5.41) is 12.5. The fourth-order valence-corrected chi connectivity index (χ4v) is 4.64. The molecule has 0 unspecified atom stereocenters. The van der Waals surface area contributed by atoms with Gasteiger partial charge in [0.1, 0.15) is 5.82 Å². The molecule has 0 spiro atoms. The molecular weight excluding hydrogens is 375 g/mol. The van der Waals surface area contributed by atoms with Gasteiger partial charge in [0.05, 0.1) is 36.2 Å². The maximum atomic E-state index is 13.0. The minimum atomic E-state index is -3.86. The fraction of sp³-hybridized carbons (Fsp3) is 0.611. The number of halogens is 1. The molecule has 2 fully saturated rings. The highest BCUT2D eigenvalue weighted by molar-refractivity contribution is 7.89. The molecule has 3 atom stereocenters. The van der Waals surface area contributed by atoms with Crippen LogP contribution in [0.3, 0.4) is 0 Å². The van der Waals surface area contributed by atoms with E-state index in [1.54, 1.807) is 0 Å². The van der Waals surface area contributed by atoms with Crippen LogP contribution in [0.5, 0.6) is 0 Å². The third-order valence-electron chi connectivity index (χ3n) is 5.11. The molecule has 150 valence electrons. The first-order chi connectivity index (χ1) is 12.9. The van der Waals surface area contributed by atoms with Gasteiger partial charge in [-0.2, -0.15) is 0 Å². The number of carbonyl (C=O) groups is 1. The molecule has 2 aliphatic rings. The lowest BCUT2D eigenvalue weighted by atomic mass is 9.92. The lowest BCUT2D eigenvalue weighted by molar-refractivity contribution is -0.131. The van der Waals surface area contributed by atoms with Crippen molar-refractivity contribution in [1.29, 1.82) is 0 Å². The van der Waals surface area contributed by atoms with Crippen LogP contribution in [0.25, 0.3) is 0 Å². The molecule has 1 aromatic carbocycles. The number of amides is 1. The molecule has 1 aliphatic heterocycles. The van der Waals surface area contributed by atoms with E-state index in [-0.39, 0.29) is 36.0 Å². The summed E-state index contributed by atoms with van der Waals surface area (Å²) in [5.41, 5.74) is 0. The number of hydrogen-bond donors (Lipinski definition) is 3. The van der Waals surface area contributed by atoms with Crippen LogP contribution in [0, 0.1) is 5.82 Å². The average Bonchev–Trinajstić information content (AvgIpc) is 2.59. The summed E-state index contributed by atoms with van der Waals surface area (Å²) in [4.78, 5) is 12.0. The maximum absolute atomic E-state index is 13.0. The van der Waals surface area contributed by atoms with Crippen LogP contribution in [-0.4, -0.2) is 50.3 Å².